The molecule has 0 spiro atoms. The summed E-state index contributed by atoms with van der Waals surface area (Å²) in [5, 5.41) is 0. The quantitative estimate of drug-likeness (QED) is 0.221. The maximum Gasteiger partial charge on any atom is 0.244 e. The van der Waals surface area contributed by atoms with Gasteiger partial charge in [-0.2, -0.15) is 0 Å². The van der Waals surface area contributed by atoms with Gasteiger partial charge in [0.15, 0.2) is 0 Å². The third kappa shape index (κ3) is 88.7. The molecule has 66 valence electrons. The molecule has 0 amide bonds. The predicted molar refractivity (Wildman–Crippen MR) is 77.6 cm³/mol. The molecule has 0 aromatic heterocycles. The molecule has 0 heterocycles. The molecule has 1 nitrogen and oxygen atoms in total. The summed E-state index contributed by atoms with van der Waals surface area (Å²) in [5.74, 6) is 0. The molecule has 0 fully saturated rings. The maximum atomic E-state index is 9.39. The molecule has 0 atom stereocenters. The van der Waals surface area contributed by atoms with Crippen LogP contribution < -0.4 is 0 Å². The Morgan fingerprint density at radius 1 is 0.900 bits per heavy atom. The van der Waals surface area contributed by atoms with Crippen LogP contribution in [0.1, 0.15) is 0 Å². The van der Waals surface area contributed by atoms with Crippen LogP contribution >= 0.6 is 107 Å². The van der Waals surface area contributed by atoms with E-state index in [4.69, 9.17) is 0 Å². The van der Waals surface area contributed by atoms with Gasteiger partial charge in [0.1, 0.15) is 8.04 Å². The summed E-state index contributed by atoms with van der Waals surface area (Å²) in [5.41, 5.74) is 0. The molecule has 0 unspecified atom stereocenters. The van der Waals surface area contributed by atoms with Crippen LogP contribution in [0, 0.1) is 0 Å². The van der Waals surface area contributed by atoms with Gasteiger partial charge in [0.25, 0.3) is 0 Å². The molecule has 0 aliphatic heterocycles. The van der Waals surface area contributed by atoms with Gasteiger partial charge >= 0.3 is 77.6 Å². The molecule has 0 radical (unpaired) electrons. The van der Waals surface area contributed by atoms with Crippen molar-refractivity contribution in [3.8, 4) is 0 Å². The molecule has 0 rings (SSSR count). The van der Waals surface area contributed by atoms with E-state index in [2.05, 4.69) is 107 Å². The van der Waals surface area contributed by atoms with Gasteiger partial charge in [0.05, 0.1) is 0 Å². The summed E-state index contributed by atoms with van der Waals surface area (Å²) < 4.78 is 7.40. The largest absolute Gasteiger partial charge is 0.596 e. The van der Waals surface area contributed by atoms with Gasteiger partial charge in [-0.15, -0.1) is 0 Å². The van der Waals surface area contributed by atoms with Crippen molar-refractivity contribution in [2.75, 3.05) is 0 Å². The molecule has 0 aliphatic carbocycles. The van der Waals surface area contributed by atoms with E-state index in [1.54, 1.807) is 0 Å². The Bertz CT molecular complexity index is 71.8. The molecule has 0 aromatic carbocycles. The Balaban J connectivity index is 0. The van der Waals surface area contributed by atoms with Crippen molar-refractivity contribution in [2.24, 2.45) is 0 Å². The van der Waals surface area contributed by atoms with Crippen molar-refractivity contribution in [1.82, 2.24) is 0 Å². The van der Waals surface area contributed by atoms with Crippen LogP contribution in [-0.2, 0) is 8.04 Å². The summed E-state index contributed by atoms with van der Waals surface area (Å²) >= 11 is 21.7. The molecule has 10 heteroatoms. The number of hydrogen-bond donors (Lipinski definition) is 0. The molecule has 0 aliphatic rings. The van der Waals surface area contributed by atoms with E-state index in [-0.39, 0.29) is 0 Å². The van der Waals surface area contributed by atoms with E-state index in [0.717, 1.165) is 0 Å². The minimum absolute atomic E-state index is 0.986. The van der Waals surface area contributed by atoms with E-state index in [9.17, 15) is 4.55 Å². The zero-order chi connectivity index (χ0) is 9.02. The van der Waals surface area contributed by atoms with Gasteiger partial charge in [-0.25, -0.2) is 0 Å². The van der Waals surface area contributed by atoms with Crippen LogP contribution in [0.4, 0.5) is 0 Å². The third-order valence-electron chi connectivity index (χ3n) is 0. The summed E-state index contributed by atoms with van der Waals surface area (Å²) in [4.78, 5) is 0. The first-order valence-electron chi connectivity index (χ1n) is 1.32. The number of hydrogen-bond acceptors (Lipinski definition) is 1. The second-order valence-electron chi connectivity index (χ2n) is 0.823. The molecule has 0 saturated heterocycles. The smallest absolute Gasteiger partial charge is 0.244 e. The minimum Gasteiger partial charge on any atom is -0.596 e. The summed E-state index contributed by atoms with van der Waals surface area (Å²) in [7, 11) is -0.986. The normalized spacial score (nSPS) is 15.1. The predicted octanol–water partition coefficient (Wildman–Crippen LogP) is 6.44. The van der Waals surface area contributed by atoms with Crippen molar-refractivity contribution in [1.29, 1.82) is 0 Å². The van der Waals surface area contributed by atoms with Gasteiger partial charge in [-0.05, 0) is 0 Å². The summed E-state index contributed by atoms with van der Waals surface area (Å²) in [6.45, 7) is 0. The van der Waals surface area contributed by atoms with Crippen molar-refractivity contribution in [3.63, 3.8) is 0 Å². The van der Waals surface area contributed by atoms with Crippen LogP contribution in [0.15, 0.2) is 0 Å². The van der Waals surface area contributed by atoms with E-state index >= 15 is 0 Å². The molecule has 0 bridgehead atoms. The van der Waals surface area contributed by atoms with Crippen molar-refractivity contribution >= 4 is 115 Å². The second kappa shape index (κ2) is 6.56. The fourth-order valence-electron chi connectivity index (χ4n) is 0. The molecule has 10 heavy (non-hydrogen) atoms. The topological polar surface area (TPSA) is 23.1 Å². The Labute approximate surface area is 117 Å². The number of halogens is 7. The van der Waals surface area contributed by atoms with Gasteiger partial charge in [-0.3, -0.25) is 0 Å². The molecular formula is Br7OPS. The zero-order valence-electron chi connectivity index (χ0n) is 3.91. The Kier molecular flexibility index (Phi) is 10.8. The van der Waals surface area contributed by atoms with E-state index < -0.39 is 8.16 Å². The first-order chi connectivity index (χ1) is 3.97. The SMILES string of the molecule is BrP(Br)(Br)(Br)Br.[O-][S+](Br)Br. The Morgan fingerprint density at radius 3 is 0.900 bits per heavy atom. The van der Waals surface area contributed by atoms with E-state index in [1.165, 1.54) is 0 Å². The van der Waals surface area contributed by atoms with E-state index in [1.807, 2.05) is 0 Å². The molecule has 0 aromatic rings. The molecule has 0 N–H and O–H groups in total. The van der Waals surface area contributed by atoms with Crippen molar-refractivity contribution in [3.05, 3.63) is 0 Å². The van der Waals surface area contributed by atoms with Crippen LogP contribution in [0.5, 0.6) is 0 Å². The van der Waals surface area contributed by atoms with Crippen LogP contribution in [0.25, 0.3) is 0 Å². The second-order valence-corrected chi connectivity index (χ2v) is 58.4. The van der Waals surface area contributed by atoms with Crippen molar-refractivity contribution < 1.29 is 4.55 Å². The van der Waals surface area contributed by atoms with Crippen molar-refractivity contribution in [2.45, 2.75) is 0 Å². The average Bonchev–Trinajstić information content (AvgIpc) is 1.14. The van der Waals surface area contributed by atoms with Gasteiger partial charge in [0, 0.05) is 0 Å². The Morgan fingerprint density at radius 2 is 0.900 bits per heavy atom. The minimum atomic E-state index is -1.99. The average molecular weight is 638 g/mol. The molecular weight excluding hydrogens is 638 g/mol. The van der Waals surface area contributed by atoms with Gasteiger partial charge < -0.3 is 4.55 Å². The van der Waals surface area contributed by atoms with Crippen LogP contribution in [-0.4, -0.2) is 4.55 Å². The first-order valence-corrected chi connectivity index (χ1v) is 18.5. The number of rotatable bonds is 0. The van der Waals surface area contributed by atoms with Gasteiger partial charge in [0.2, 0.25) is 29.6 Å². The van der Waals surface area contributed by atoms with Crippen LogP contribution in [0.2, 0.25) is 0 Å². The summed E-state index contributed by atoms with van der Waals surface area (Å²) in [6.07, 6.45) is 0. The third-order valence-corrected chi connectivity index (χ3v) is 0. The summed E-state index contributed by atoms with van der Waals surface area (Å²) in [6, 6.07) is 0. The monoisotopic (exact) mass is 631 g/mol. The fraction of sp³-hybridized carbons (Fsp3) is 0. The van der Waals surface area contributed by atoms with E-state index in [0.29, 0.717) is 0 Å². The van der Waals surface area contributed by atoms with Gasteiger partial charge in [-0.1, -0.05) is 0 Å². The molecule has 0 saturated carbocycles. The fourth-order valence-corrected chi connectivity index (χ4v) is 0. The Hall–Kier alpha value is 4.10. The van der Waals surface area contributed by atoms with Crippen LogP contribution in [0.3, 0.4) is 0 Å². The zero-order valence-corrected chi connectivity index (χ0v) is 16.7. The standard InChI is InChI=1S/Br5P.Br2OS/c1-6(2,3,4)5;1-4(2)3. The first kappa shape index (κ1) is 16.5. The maximum absolute atomic E-state index is 9.39.